The zero-order chi connectivity index (χ0) is 14.9. The molecule has 0 spiro atoms. The molecule has 8 heteroatoms. The highest BCUT2D eigenvalue weighted by atomic mass is 16.6. The summed E-state index contributed by atoms with van der Waals surface area (Å²) in [5.74, 6) is -0.354. The average molecular weight is 281 g/mol. The summed E-state index contributed by atoms with van der Waals surface area (Å²) in [6.07, 6.45) is 1.90. The number of aliphatic hydroxyl groups excluding tert-OH is 1. The van der Waals surface area contributed by atoms with Gasteiger partial charge in [0, 0.05) is 19.7 Å². The number of aromatic nitrogens is 1. The molecule has 1 fully saturated rings. The van der Waals surface area contributed by atoms with Crippen LogP contribution >= 0.6 is 0 Å². The lowest BCUT2D eigenvalue weighted by atomic mass is 9.82. The summed E-state index contributed by atoms with van der Waals surface area (Å²) in [7, 11) is 1.53. The Morgan fingerprint density at radius 3 is 2.80 bits per heavy atom. The van der Waals surface area contributed by atoms with Crippen molar-refractivity contribution in [1.82, 2.24) is 9.88 Å². The van der Waals surface area contributed by atoms with Crippen LogP contribution in [0.5, 0.6) is 0 Å². The van der Waals surface area contributed by atoms with Crippen LogP contribution < -0.4 is 5.56 Å². The maximum atomic E-state index is 12.1. The monoisotopic (exact) mass is 281 g/mol. The second kappa shape index (κ2) is 5.41. The summed E-state index contributed by atoms with van der Waals surface area (Å²) in [5, 5.41) is 19.9. The van der Waals surface area contributed by atoms with Crippen LogP contribution in [0.1, 0.15) is 23.2 Å². The van der Waals surface area contributed by atoms with Gasteiger partial charge in [-0.25, -0.2) is 0 Å². The number of nitrogens with one attached hydrogen (secondary N) is 1. The molecule has 0 aromatic carbocycles. The Balaban J connectivity index is 2.13. The SMILES string of the molecule is CN(CC1CC(O)C1)C(=O)c1cc([N+](=O)[O-])c[nH]c1=O. The smallest absolute Gasteiger partial charge is 0.286 e. The molecule has 1 aliphatic rings. The first-order valence-electron chi connectivity index (χ1n) is 6.19. The molecule has 1 aromatic heterocycles. The number of carbonyl (C=O) groups is 1. The molecule has 0 radical (unpaired) electrons. The highest BCUT2D eigenvalue weighted by Crippen LogP contribution is 2.27. The number of nitro groups is 1. The number of carbonyl (C=O) groups excluding carboxylic acids is 1. The summed E-state index contributed by atoms with van der Waals surface area (Å²) >= 11 is 0. The summed E-state index contributed by atoms with van der Waals surface area (Å²) in [6, 6.07) is 0.979. The van der Waals surface area contributed by atoms with Gasteiger partial charge in [-0.1, -0.05) is 0 Å². The normalized spacial score (nSPS) is 21.1. The zero-order valence-corrected chi connectivity index (χ0v) is 10.9. The van der Waals surface area contributed by atoms with Crippen molar-refractivity contribution in [2.45, 2.75) is 18.9 Å². The topological polar surface area (TPSA) is 117 Å². The van der Waals surface area contributed by atoms with E-state index in [-0.39, 0.29) is 23.3 Å². The number of pyridine rings is 1. The first-order valence-corrected chi connectivity index (χ1v) is 6.19. The highest BCUT2D eigenvalue weighted by Gasteiger charge is 2.30. The van der Waals surface area contributed by atoms with Gasteiger partial charge < -0.3 is 15.0 Å². The van der Waals surface area contributed by atoms with Crippen LogP contribution in [0.15, 0.2) is 17.1 Å². The third-order valence-electron chi connectivity index (χ3n) is 3.42. The van der Waals surface area contributed by atoms with Crippen LogP contribution in [0, 0.1) is 16.0 Å². The molecule has 0 unspecified atom stereocenters. The molecule has 1 saturated carbocycles. The lowest BCUT2D eigenvalue weighted by Crippen LogP contribution is -2.40. The van der Waals surface area contributed by atoms with Gasteiger partial charge in [-0.3, -0.25) is 19.7 Å². The predicted octanol–water partition coefficient (Wildman–Crippen LogP) is 0.126. The van der Waals surface area contributed by atoms with Crippen LogP contribution in [0.3, 0.4) is 0 Å². The van der Waals surface area contributed by atoms with Crippen molar-refractivity contribution in [3.63, 3.8) is 0 Å². The highest BCUT2D eigenvalue weighted by molar-refractivity contribution is 5.94. The molecular weight excluding hydrogens is 266 g/mol. The molecule has 1 amide bonds. The standard InChI is InChI=1S/C12H15N3O5/c1-14(6-7-2-9(16)3-7)12(18)10-4-8(15(19)20)5-13-11(10)17/h4-5,7,9,16H,2-3,6H2,1H3,(H,13,17). The third kappa shape index (κ3) is 2.85. The number of nitrogens with zero attached hydrogens (tertiary/aromatic N) is 2. The largest absolute Gasteiger partial charge is 0.393 e. The Bertz CT molecular complexity index is 591. The minimum Gasteiger partial charge on any atom is -0.393 e. The van der Waals surface area contributed by atoms with Crippen molar-refractivity contribution in [3.8, 4) is 0 Å². The molecule has 0 saturated heterocycles. The van der Waals surface area contributed by atoms with Gasteiger partial charge in [-0.2, -0.15) is 0 Å². The molecule has 2 rings (SSSR count). The average Bonchev–Trinajstić information content (AvgIpc) is 2.36. The van der Waals surface area contributed by atoms with E-state index in [1.807, 2.05) is 0 Å². The molecule has 2 N–H and O–H groups in total. The molecule has 8 nitrogen and oxygen atoms in total. The first kappa shape index (κ1) is 14.2. The maximum Gasteiger partial charge on any atom is 0.286 e. The second-order valence-corrected chi connectivity index (χ2v) is 5.03. The van der Waals surface area contributed by atoms with Crippen molar-refractivity contribution in [2.75, 3.05) is 13.6 Å². The van der Waals surface area contributed by atoms with Crippen LogP contribution in [0.4, 0.5) is 5.69 Å². The fourth-order valence-corrected chi connectivity index (χ4v) is 2.26. The Morgan fingerprint density at radius 2 is 2.25 bits per heavy atom. The van der Waals surface area contributed by atoms with Crippen LogP contribution in [-0.4, -0.2) is 45.5 Å². The second-order valence-electron chi connectivity index (χ2n) is 5.03. The minimum atomic E-state index is -0.672. The van der Waals surface area contributed by atoms with E-state index in [1.165, 1.54) is 11.9 Å². The predicted molar refractivity (Wildman–Crippen MR) is 69.4 cm³/mol. The summed E-state index contributed by atoms with van der Waals surface area (Å²) < 4.78 is 0. The van der Waals surface area contributed by atoms with Gasteiger partial charge in [0.25, 0.3) is 17.2 Å². The number of aliphatic hydroxyl groups is 1. The molecule has 1 aliphatic carbocycles. The van der Waals surface area contributed by atoms with Crippen LogP contribution in [-0.2, 0) is 0 Å². The number of rotatable bonds is 4. The Hall–Kier alpha value is -2.22. The third-order valence-corrected chi connectivity index (χ3v) is 3.42. The van der Waals surface area contributed by atoms with Crippen molar-refractivity contribution in [3.05, 3.63) is 38.3 Å². The van der Waals surface area contributed by atoms with E-state index in [4.69, 9.17) is 0 Å². The molecule has 20 heavy (non-hydrogen) atoms. The fourth-order valence-electron chi connectivity index (χ4n) is 2.26. The number of H-pyrrole nitrogens is 1. The Labute approximate surface area is 114 Å². The zero-order valence-electron chi connectivity index (χ0n) is 10.9. The fraction of sp³-hybridized carbons (Fsp3) is 0.500. The van der Waals surface area contributed by atoms with Gasteiger partial charge in [0.2, 0.25) is 0 Å². The number of aromatic amines is 1. The molecule has 0 atom stereocenters. The molecular formula is C12H15N3O5. The van der Waals surface area contributed by atoms with E-state index in [0.717, 1.165) is 12.3 Å². The molecule has 108 valence electrons. The molecule has 1 aromatic rings. The van der Waals surface area contributed by atoms with Gasteiger partial charge in [-0.15, -0.1) is 0 Å². The van der Waals surface area contributed by atoms with Gasteiger partial charge in [0.05, 0.1) is 17.2 Å². The minimum absolute atomic E-state index is 0.205. The van der Waals surface area contributed by atoms with Crippen molar-refractivity contribution in [2.24, 2.45) is 5.92 Å². The summed E-state index contributed by atoms with van der Waals surface area (Å²) in [6.45, 7) is 0.415. The van der Waals surface area contributed by atoms with Crippen molar-refractivity contribution in [1.29, 1.82) is 0 Å². The van der Waals surface area contributed by atoms with Gasteiger partial charge in [-0.05, 0) is 18.8 Å². The van der Waals surface area contributed by atoms with Gasteiger partial charge >= 0.3 is 0 Å². The van der Waals surface area contributed by atoms with E-state index >= 15 is 0 Å². The lowest BCUT2D eigenvalue weighted by Gasteiger charge is -2.34. The quantitative estimate of drug-likeness (QED) is 0.600. The van der Waals surface area contributed by atoms with E-state index in [2.05, 4.69) is 4.98 Å². The van der Waals surface area contributed by atoms with Gasteiger partial charge in [0.15, 0.2) is 0 Å². The number of amides is 1. The lowest BCUT2D eigenvalue weighted by molar-refractivity contribution is -0.385. The first-order chi connectivity index (χ1) is 9.38. The van der Waals surface area contributed by atoms with Gasteiger partial charge in [0.1, 0.15) is 5.56 Å². The number of hydrogen-bond donors (Lipinski definition) is 2. The number of hydrogen-bond acceptors (Lipinski definition) is 5. The molecule has 0 aliphatic heterocycles. The summed E-state index contributed by atoms with van der Waals surface area (Å²) in [5.41, 5.74) is -1.23. The molecule has 0 bridgehead atoms. The van der Waals surface area contributed by atoms with E-state index < -0.39 is 16.4 Å². The Morgan fingerprint density at radius 1 is 1.60 bits per heavy atom. The molecule has 1 heterocycles. The van der Waals surface area contributed by atoms with Crippen LogP contribution in [0.2, 0.25) is 0 Å². The van der Waals surface area contributed by atoms with E-state index in [1.54, 1.807) is 0 Å². The van der Waals surface area contributed by atoms with Crippen LogP contribution in [0.25, 0.3) is 0 Å². The van der Waals surface area contributed by atoms with Crippen molar-refractivity contribution < 1.29 is 14.8 Å². The van der Waals surface area contributed by atoms with E-state index in [9.17, 15) is 24.8 Å². The summed E-state index contributed by atoms with van der Waals surface area (Å²) in [4.78, 5) is 37.2. The van der Waals surface area contributed by atoms with Crippen molar-refractivity contribution >= 4 is 11.6 Å². The Kier molecular flexibility index (Phi) is 3.84. The van der Waals surface area contributed by atoms with E-state index in [0.29, 0.717) is 19.4 Å². The maximum absolute atomic E-state index is 12.1.